The van der Waals surface area contributed by atoms with Crippen LogP contribution in [0.1, 0.15) is 34.6 Å². The fourth-order valence-corrected chi connectivity index (χ4v) is 2.86. The third kappa shape index (κ3) is 3.61. The van der Waals surface area contributed by atoms with E-state index in [2.05, 4.69) is 5.32 Å². The molecule has 0 aromatic carbocycles. The van der Waals surface area contributed by atoms with E-state index in [1.54, 1.807) is 34.6 Å². The molecule has 0 saturated carbocycles. The van der Waals surface area contributed by atoms with Gasteiger partial charge in [-0.1, -0.05) is 0 Å². The van der Waals surface area contributed by atoms with Gasteiger partial charge in [-0.15, -0.1) is 11.8 Å². The molecule has 0 aromatic heterocycles. The summed E-state index contributed by atoms with van der Waals surface area (Å²) in [6.45, 7) is 8.95. The molecule has 2 atom stereocenters. The molecule has 6 heteroatoms. The van der Waals surface area contributed by atoms with Crippen LogP contribution in [0.5, 0.6) is 0 Å². The first kappa shape index (κ1) is 14.3. The van der Waals surface area contributed by atoms with Crippen molar-refractivity contribution in [3.05, 3.63) is 0 Å². The van der Waals surface area contributed by atoms with Crippen molar-refractivity contribution in [1.82, 2.24) is 5.32 Å². The van der Waals surface area contributed by atoms with Crippen molar-refractivity contribution in [2.24, 2.45) is 0 Å². The lowest BCUT2D eigenvalue weighted by atomic mass is 10.0. The number of nitrogens with one attached hydrogen (secondary N) is 1. The quantitative estimate of drug-likeness (QED) is 0.728. The molecule has 1 rings (SSSR count). The van der Waals surface area contributed by atoms with Crippen LogP contribution in [0.15, 0.2) is 0 Å². The molecular weight excluding hydrogens is 242 g/mol. The second-order valence-electron chi connectivity index (χ2n) is 5.57. The smallest absolute Gasteiger partial charge is 0.334 e. The van der Waals surface area contributed by atoms with E-state index in [0.29, 0.717) is 0 Å². The van der Waals surface area contributed by atoms with Crippen molar-refractivity contribution in [3.63, 3.8) is 0 Å². The number of thioether (sulfide) groups is 1. The van der Waals surface area contributed by atoms with E-state index in [9.17, 15) is 9.59 Å². The first-order valence-corrected chi connectivity index (χ1v) is 6.30. The molecular formula is C11H19NO4S. The lowest BCUT2D eigenvalue weighted by Gasteiger charge is -2.22. The van der Waals surface area contributed by atoms with E-state index in [4.69, 9.17) is 9.84 Å². The Hall–Kier alpha value is -0.750. The van der Waals surface area contributed by atoms with Gasteiger partial charge in [-0.25, -0.2) is 4.79 Å². The van der Waals surface area contributed by atoms with E-state index < -0.39 is 33.7 Å². The highest BCUT2D eigenvalue weighted by Crippen LogP contribution is 2.38. The topological polar surface area (TPSA) is 75.6 Å². The van der Waals surface area contributed by atoms with Gasteiger partial charge in [-0.05, 0) is 34.6 Å². The lowest BCUT2D eigenvalue weighted by Crippen LogP contribution is -2.46. The van der Waals surface area contributed by atoms with Crippen LogP contribution in [-0.2, 0) is 14.3 Å². The number of carboxylic acids is 1. The second-order valence-corrected chi connectivity index (χ2v) is 7.33. The summed E-state index contributed by atoms with van der Waals surface area (Å²) in [6.07, 6.45) is 0. The number of rotatable bonds is 2. The van der Waals surface area contributed by atoms with Crippen LogP contribution < -0.4 is 5.32 Å². The van der Waals surface area contributed by atoms with Crippen LogP contribution in [0, 0.1) is 0 Å². The molecule has 0 amide bonds. The van der Waals surface area contributed by atoms with Crippen LogP contribution >= 0.6 is 11.8 Å². The first-order chi connectivity index (χ1) is 7.53. The SMILES string of the molecule is CC(C)(C)OC(=O)[C@H]1N[C@@H](C(=O)O)C(C)(C)S1. The van der Waals surface area contributed by atoms with E-state index in [1.165, 1.54) is 11.8 Å². The maximum Gasteiger partial charge on any atom is 0.334 e. The largest absolute Gasteiger partial charge is 0.480 e. The number of esters is 1. The summed E-state index contributed by atoms with van der Waals surface area (Å²) in [5, 5.41) is 11.2. The van der Waals surface area contributed by atoms with Crippen LogP contribution in [0.4, 0.5) is 0 Å². The molecule has 0 unspecified atom stereocenters. The number of ether oxygens (including phenoxy) is 1. The van der Waals surface area contributed by atoms with Crippen molar-refractivity contribution in [2.75, 3.05) is 0 Å². The summed E-state index contributed by atoms with van der Waals surface area (Å²) in [6, 6.07) is -0.745. The molecule has 17 heavy (non-hydrogen) atoms. The first-order valence-electron chi connectivity index (χ1n) is 5.42. The summed E-state index contributed by atoms with van der Waals surface area (Å²) >= 11 is 1.29. The third-order valence-corrected chi connectivity index (χ3v) is 3.71. The average Bonchev–Trinajstić information content (AvgIpc) is 2.38. The predicted molar refractivity (Wildman–Crippen MR) is 65.9 cm³/mol. The minimum atomic E-state index is -0.950. The molecule has 1 heterocycles. The average molecular weight is 261 g/mol. The standard InChI is InChI=1S/C11H19NO4S/c1-10(2,3)16-9(15)7-12-6(8(13)14)11(4,5)17-7/h6-7,12H,1-5H3,(H,13,14)/t6-,7-/m0/s1. The molecule has 0 bridgehead atoms. The second kappa shape index (κ2) is 4.49. The molecule has 1 aliphatic rings. The Kier molecular flexibility index (Phi) is 3.78. The van der Waals surface area contributed by atoms with Crippen LogP contribution in [0.25, 0.3) is 0 Å². The van der Waals surface area contributed by atoms with Gasteiger partial charge >= 0.3 is 11.9 Å². The molecule has 1 saturated heterocycles. The van der Waals surface area contributed by atoms with Crippen molar-refractivity contribution < 1.29 is 19.4 Å². The van der Waals surface area contributed by atoms with Crippen molar-refractivity contribution in [2.45, 2.75) is 56.4 Å². The van der Waals surface area contributed by atoms with Gasteiger partial charge in [0.1, 0.15) is 11.6 Å². The van der Waals surface area contributed by atoms with Gasteiger partial charge < -0.3 is 9.84 Å². The number of hydrogen-bond acceptors (Lipinski definition) is 5. The lowest BCUT2D eigenvalue weighted by molar-refractivity contribution is -0.154. The van der Waals surface area contributed by atoms with Gasteiger partial charge in [0.25, 0.3) is 0 Å². The van der Waals surface area contributed by atoms with Gasteiger partial charge in [0.15, 0.2) is 5.37 Å². The number of hydrogen-bond donors (Lipinski definition) is 2. The number of carbonyl (C=O) groups is 2. The maximum absolute atomic E-state index is 11.8. The Bertz CT molecular complexity index is 335. The molecule has 98 valence electrons. The Balaban J connectivity index is 2.72. The van der Waals surface area contributed by atoms with E-state index in [0.717, 1.165) is 0 Å². The fraction of sp³-hybridized carbons (Fsp3) is 0.818. The number of aliphatic carboxylic acids is 1. The van der Waals surface area contributed by atoms with E-state index in [-0.39, 0.29) is 0 Å². The number of carboxylic acid groups (broad SMARTS) is 1. The minimum Gasteiger partial charge on any atom is -0.480 e. The van der Waals surface area contributed by atoms with Crippen molar-refractivity contribution in [1.29, 1.82) is 0 Å². The van der Waals surface area contributed by atoms with Crippen molar-refractivity contribution >= 4 is 23.7 Å². The van der Waals surface area contributed by atoms with Gasteiger partial charge in [-0.3, -0.25) is 10.1 Å². The van der Waals surface area contributed by atoms with E-state index in [1.807, 2.05) is 0 Å². The van der Waals surface area contributed by atoms with Crippen LogP contribution in [-0.4, -0.2) is 38.8 Å². The highest BCUT2D eigenvalue weighted by Gasteiger charge is 2.48. The zero-order valence-electron chi connectivity index (χ0n) is 10.7. The minimum absolute atomic E-state index is 0.417. The summed E-state index contributed by atoms with van der Waals surface area (Å²) in [4.78, 5) is 22.9. The molecule has 0 radical (unpaired) electrons. The number of carbonyl (C=O) groups excluding carboxylic acids is 1. The van der Waals surface area contributed by atoms with Gasteiger partial charge in [-0.2, -0.15) is 0 Å². The molecule has 0 aliphatic carbocycles. The fourth-order valence-electron chi connectivity index (χ4n) is 1.60. The summed E-state index contributed by atoms with van der Waals surface area (Å²) in [7, 11) is 0. The Morgan fingerprint density at radius 2 is 1.88 bits per heavy atom. The zero-order valence-corrected chi connectivity index (χ0v) is 11.6. The Morgan fingerprint density at radius 1 is 1.35 bits per heavy atom. The molecule has 2 N–H and O–H groups in total. The van der Waals surface area contributed by atoms with Crippen LogP contribution in [0.2, 0.25) is 0 Å². The molecule has 1 aliphatic heterocycles. The van der Waals surface area contributed by atoms with Crippen LogP contribution in [0.3, 0.4) is 0 Å². The Morgan fingerprint density at radius 3 is 2.24 bits per heavy atom. The monoisotopic (exact) mass is 261 g/mol. The predicted octanol–water partition coefficient (Wildman–Crippen LogP) is 1.22. The third-order valence-electron chi connectivity index (χ3n) is 2.30. The van der Waals surface area contributed by atoms with Gasteiger partial charge in [0.05, 0.1) is 0 Å². The summed E-state index contributed by atoms with van der Waals surface area (Å²) in [5.74, 6) is -1.37. The maximum atomic E-state index is 11.8. The van der Waals surface area contributed by atoms with E-state index >= 15 is 0 Å². The zero-order chi connectivity index (χ0) is 13.4. The molecule has 0 aromatic rings. The molecule has 5 nitrogen and oxygen atoms in total. The highest BCUT2D eigenvalue weighted by molar-refractivity contribution is 8.02. The van der Waals surface area contributed by atoms with Crippen molar-refractivity contribution in [3.8, 4) is 0 Å². The molecule has 1 fully saturated rings. The summed E-state index contributed by atoms with van der Waals surface area (Å²) < 4.78 is 4.69. The van der Waals surface area contributed by atoms with Gasteiger partial charge in [0, 0.05) is 4.75 Å². The Labute approximate surface area is 105 Å². The normalized spacial score (nSPS) is 27.8. The van der Waals surface area contributed by atoms with Gasteiger partial charge in [0.2, 0.25) is 0 Å². The highest BCUT2D eigenvalue weighted by atomic mass is 32.2. The summed E-state index contributed by atoms with van der Waals surface area (Å²) in [5.41, 5.74) is -0.565. The molecule has 0 spiro atoms.